The molecule has 0 atom stereocenters. The molecule has 0 N–H and O–H groups in total. The molecule has 8 heteroatoms. The summed E-state index contributed by atoms with van der Waals surface area (Å²) in [5, 5.41) is 0.906. The number of hydrogen-bond acceptors (Lipinski definition) is 5. The van der Waals surface area contributed by atoms with Crippen molar-refractivity contribution in [3.05, 3.63) is 53.6 Å². The van der Waals surface area contributed by atoms with Crippen molar-refractivity contribution in [1.82, 2.24) is 19.9 Å². The van der Waals surface area contributed by atoms with Crippen LogP contribution >= 0.6 is 0 Å². The van der Waals surface area contributed by atoms with Crippen LogP contribution in [-0.4, -0.2) is 26.5 Å². The van der Waals surface area contributed by atoms with Crippen molar-refractivity contribution in [3.8, 4) is 0 Å². The van der Waals surface area contributed by atoms with Crippen molar-refractivity contribution in [2.24, 2.45) is 0 Å². The summed E-state index contributed by atoms with van der Waals surface area (Å²) in [6.45, 7) is 0.939. The van der Waals surface area contributed by atoms with E-state index in [2.05, 4.69) is 19.9 Å². The fraction of sp³-hybridized carbons (Fsp3) is 0.250. The summed E-state index contributed by atoms with van der Waals surface area (Å²) in [5.41, 5.74) is 1.63. The van der Waals surface area contributed by atoms with Crippen LogP contribution in [0, 0.1) is 0 Å². The molecule has 0 unspecified atom stereocenters. The number of nitrogens with zero attached hydrogens (tertiary/aromatic N) is 5. The van der Waals surface area contributed by atoms with Crippen LogP contribution in [0.5, 0.6) is 0 Å². The van der Waals surface area contributed by atoms with E-state index in [4.69, 9.17) is 0 Å². The van der Waals surface area contributed by atoms with Gasteiger partial charge < -0.3 is 4.90 Å². The highest BCUT2D eigenvalue weighted by Gasteiger charge is 2.33. The van der Waals surface area contributed by atoms with Gasteiger partial charge in [0, 0.05) is 43.0 Å². The van der Waals surface area contributed by atoms with E-state index in [-0.39, 0.29) is 5.95 Å². The largest absolute Gasteiger partial charge is 0.433 e. The minimum absolute atomic E-state index is 0.0850. The number of hydrogen-bond donors (Lipinski definition) is 0. The summed E-state index contributed by atoms with van der Waals surface area (Å²) in [6.07, 6.45) is -1.03. The topological polar surface area (TPSA) is 54.8 Å². The number of rotatable bonds is 1. The molecule has 5 nitrogen and oxygen atoms in total. The summed E-state index contributed by atoms with van der Waals surface area (Å²) in [7, 11) is 0. The normalized spacial score (nSPS) is 14.7. The second kappa shape index (κ2) is 5.40. The van der Waals surface area contributed by atoms with Gasteiger partial charge in [0.05, 0.1) is 0 Å². The predicted octanol–water partition coefficient (Wildman–Crippen LogP) is 3.00. The van der Waals surface area contributed by atoms with E-state index in [0.29, 0.717) is 25.2 Å². The lowest BCUT2D eigenvalue weighted by molar-refractivity contribution is -0.141. The number of anilines is 1. The van der Waals surface area contributed by atoms with Gasteiger partial charge in [0.25, 0.3) is 0 Å². The maximum absolute atomic E-state index is 12.8. The molecule has 0 saturated heterocycles. The molecule has 0 saturated carbocycles. The Labute approximate surface area is 135 Å². The monoisotopic (exact) mass is 331 g/mol. The van der Waals surface area contributed by atoms with Crippen molar-refractivity contribution >= 4 is 17.0 Å². The van der Waals surface area contributed by atoms with Crippen LogP contribution in [0.25, 0.3) is 11.0 Å². The Balaban J connectivity index is 1.68. The maximum Gasteiger partial charge on any atom is 0.433 e. The highest BCUT2D eigenvalue weighted by molar-refractivity contribution is 5.75. The quantitative estimate of drug-likeness (QED) is 0.686. The number of pyridine rings is 2. The Morgan fingerprint density at radius 2 is 1.92 bits per heavy atom. The number of aromatic nitrogens is 4. The minimum atomic E-state index is -4.48. The Kier molecular flexibility index (Phi) is 3.33. The number of alkyl halides is 3. The van der Waals surface area contributed by atoms with Gasteiger partial charge >= 0.3 is 6.18 Å². The van der Waals surface area contributed by atoms with Gasteiger partial charge in [-0.2, -0.15) is 13.2 Å². The van der Waals surface area contributed by atoms with Gasteiger partial charge in [-0.15, -0.1) is 0 Å². The van der Waals surface area contributed by atoms with Gasteiger partial charge in [0.15, 0.2) is 5.65 Å². The molecule has 4 heterocycles. The van der Waals surface area contributed by atoms with Gasteiger partial charge in [-0.1, -0.05) is 0 Å². The first-order valence-electron chi connectivity index (χ1n) is 7.39. The predicted molar refractivity (Wildman–Crippen MR) is 81.3 cm³/mol. The van der Waals surface area contributed by atoms with Crippen LogP contribution in [0.3, 0.4) is 0 Å². The van der Waals surface area contributed by atoms with Crippen LogP contribution in [0.4, 0.5) is 19.1 Å². The third kappa shape index (κ3) is 2.64. The fourth-order valence-electron chi connectivity index (χ4n) is 2.79. The number of halogens is 3. The zero-order valence-corrected chi connectivity index (χ0v) is 12.5. The summed E-state index contributed by atoms with van der Waals surface area (Å²) in [4.78, 5) is 18.2. The van der Waals surface area contributed by atoms with Crippen molar-refractivity contribution in [1.29, 1.82) is 0 Å². The van der Waals surface area contributed by atoms with Gasteiger partial charge in [-0.3, -0.25) is 0 Å². The summed E-state index contributed by atoms with van der Waals surface area (Å²) < 4.78 is 38.5. The molecule has 3 aromatic heterocycles. The fourth-order valence-corrected chi connectivity index (χ4v) is 2.79. The molecule has 0 spiro atoms. The molecule has 0 aliphatic carbocycles. The third-order valence-electron chi connectivity index (χ3n) is 3.95. The SMILES string of the molecule is FC(F)(F)c1ccnc(N2CCc3nc4ncccc4cc3C2)n1. The average Bonchev–Trinajstić information content (AvgIpc) is 2.59. The number of fused-ring (bicyclic) bond motifs is 2. The van der Waals surface area contributed by atoms with Gasteiger partial charge in [0.2, 0.25) is 5.95 Å². The second-order valence-electron chi connectivity index (χ2n) is 5.56. The van der Waals surface area contributed by atoms with Crippen LogP contribution in [0.15, 0.2) is 36.7 Å². The molecule has 122 valence electrons. The lowest BCUT2D eigenvalue weighted by atomic mass is 10.0. The van der Waals surface area contributed by atoms with E-state index in [1.165, 1.54) is 0 Å². The van der Waals surface area contributed by atoms with E-state index in [9.17, 15) is 13.2 Å². The molecule has 24 heavy (non-hydrogen) atoms. The molecular weight excluding hydrogens is 319 g/mol. The lowest BCUT2D eigenvalue weighted by Gasteiger charge is -2.28. The van der Waals surface area contributed by atoms with E-state index < -0.39 is 11.9 Å². The molecule has 0 aromatic carbocycles. The van der Waals surface area contributed by atoms with Crippen LogP contribution in [-0.2, 0) is 19.1 Å². The van der Waals surface area contributed by atoms with E-state index >= 15 is 0 Å². The molecule has 0 bridgehead atoms. The summed E-state index contributed by atoms with van der Waals surface area (Å²) >= 11 is 0. The molecule has 0 amide bonds. The molecule has 3 aromatic rings. The summed E-state index contributed by atoms with van der Waals surface area (Å²) in [6, 6.07) is 6.59. The molecule has 0 radical (unpaired) electrons. The van der Waals surface area contributed by atoms with E-state index in [1.807, 2.05) is 18.2 Å². The highest BCUT2D eigenvalue weighted by atomic mass is 19.4. The minimum Gasteiger partial charge on any atom is -0.336 e. The lowest BCUT2D eigenvalue weighted by Crippen LogP contribution is -2.32. The third-order valence-corrected chi connectivity index (χ3v) is 3.95. The smallest absolute Gasteiger partial charge is 0.336 e. The van der Waals surface area contributed by atoms with Gasteiger partial charge in [-0.25, -0.2) is 19.9 Å². The second-order valence-corrected chi connectivity index (χ2v) is 5.56. The molecule has 1 aliphatic heterocycles. The van der Waals surface area contributed by atoms with Crippen LogP contribution in [0.1, 0.15) is 17.0 Å². The highest BCUT2D eigenvalue weighted by Crippen LogP contribution is 2.29. The van der Waals surface area contributed by atoms with Crippen LogP contribution in [0.2, 0.25) is 0 Å². The van der Waals surface area contributed by atoms with Gasteiger partial charge in [0.1, 0.15) is 5.69 Å². The van der Waals surface area contributed by atoms with E-state index in [0.717, 1.165) is 28.9 Å². The van der Waals surface area contributed by atoms with Crippen molar-refractivity contribution in [2.45, 2.75) is 19.1 Å². The maximum atomic E-state index is 12.8. The molecule has 1 aliphatic rings. The van der Waals surface area contributed by atoms with Crippen molar-refractivity contribution < 1.29 is 13.2 Å². The Hall–Kier alpha value is -2.77. The Morgan fingerprint density at radius 1 is 1.04 bits per heavy atom. The molecular formula is C16H12F3N5. The first-order valence-corrected chi connectivity index (χ1v) is 7.39. The van der Waals surface area contributed by atoms with Crippen molar-refractivity contribution in [3.63, 3.8) is 0 Å². The van der Waals surface area contributed by atoms with Crippen LogP contribution < -0.4 is 4.90 Å². The molecule has 0 fully saturated rings. The van der Waals surface area contributed by atoms with E-state index in [1.54, 1.807) is 11.1 Å². The summed E-state index contributed by atoms with van der Waals surface area (Å²) in [5.74, 6) is 0.0850. The molecule has 4 rings (SSSR count). The zero-order valence-electron chi connectivity index (χ0n) is 12.5. The van der Waals surface area contributed by atoms with Crippen molar-refractivity contribution in [2.75, 3.05) is 11.4 Å². The average molecular weight is 331 g/mol. The first-order chi connectivity index (χ1) is 11.5. The first kappa shape index (κ1) is 14.8. The zero-order chi connectivity index (χ0) is 16.7. The standard InChI is InChI=1S/C16H12F3N5/c17-16(18,19)13-3-6-21-15(23-13)24-7-4-12-11(9-24)8-10-2-1-5-20-14(10)22-12/h1-3,5-6,8H,4,7,9H2. The Bertz CT molecular complexity index is 910. The van der Waals surface area contributed by atoms with Gasteiger partial charge in [-0.05, 0) is 29.8 Å². The Morgan fingerprint density at radius 3 is 2.75 bits per heavy atom.